The first-order valence-corrected chi connectivity index (χ1v) is 2.08. The van der Waals surface area contributed by atoms with Crippen LogP contribution in [0.15, 0.2) is 10.0 Å². The van der Waals surface area contributed by atoms with E-state index in [1.54, 1.807) is 0 Å². The van der Waals surface area contributed by atoms with Crippen molar-refractivity contribution in [2.75, 3.05) is 0 Å². The number of rotatable bonds is 0. The summed E-state index contributed by atoms with van der Waals surface area (Å²) in [5.74, 6) is 0. The van der Waals surface area contributed by atoms with Crippen LogP contribution >= 0.6 is 34.8 Å². The average Bonchev–Trinajstić information content (AvgIpc) is 1.38. The molecule has 0 aliphatic carbocycles. The quantitative estimate of drug-likeness (QED) is 0.418. The molecule has 0 fully saturated rings. The van der Waals surface area contributed by atoms with Crippen molar-refractivity contribution in [2.45, 2.75) is 0 Å². The number of hydrogen-bond donors (Lipinski definition) is 0. The number of hydrogen-bond acceptors (Lipinski definition) is 0. The van der Waals surface area contributed by atoms with Crippen molar-refractivity contribution in [3.8, 4) is 0 Å². The second-order valence-electron chi connectivity index (χ2n) is 0.399. The normalized spacial score (nSPS) is 5.83. The predicted molar refractivity (Wildman–Crippen MR) is 26.8 cm³/mol. The standard InChI is InChI=1S/C2HCl3.Na.H/c3-1-2(4)5;;/h1H;;/q;+1;-1. The van der Waals surface area contributed by atoms with Gasteiger partial charge >= 0.3 is 29.6 Å². The summed E-state index contributed by atoms with van der Waals surface area (Å²) in [6.07, 6.45) is 0. The molecule has 0 nitrogen and oxygen atoms in total. The van der Waals surface area contributed by atoms with Gasteiger partial charge in [0.05, 0.1) is 0 Å². The minimum atomic E-state index is 0. The Balaban J connectivity index is -0.0000000800. The van der Waals surface area contributed by atoms with Gasteiger partial charge in [0.1, 0.15) is 4.49 Å². The Bertz CT molecular complexity index is 50.9. The minimum Gasteiger partial charge on any atom is -1.00 e. The maximum absolute atomic E-state index is 4.96. The third-order valence-electron chi connectivity index (χ3n) is 0.0825. The molecule has 32 valence electrons. The van der Waals surface area contributed by atoms with Crippen LogP contribution in [0.2, 0.25) is 0 Å². The van der Waals surface area contributed by atoms with Crippen molar-refractivity contribution in [3.05, 3.63) is 10.0 Å². The van der Waals surface area contributed by atoms with Crippen molar-refractivity contribution < 1.29 is 31.0 Å². The molecule has 6 heavy (non-hydrogen) atoms. The van der Waals surface area contributed by atoms with Gasteiger partial charge in [0.2, 0.25) is 0 Å². The smallest absolute Gasteiger partial charge is 1.00 e. The van der Waals surface area contributed by atoms with Gasteiger partial charge in [-0.15, -0.1) is 0 Å². The second-order valence-corrected chi connectivity index (χ2v) is 1.62. The Morgan fingerprint density at radius 1 is 1.50 bits per heavy atom. The van der Waals surface area contributed by atoms with E-state index in [2.05, 4.69) is 0 Å². The molecule has 0 saturated carbocycles. The van der Waals surface area contributed by atoms with Crippen molar-refractivity contribution in [2.24, 2.45) is 0 Å². The molecule has 0 atom stereocenters. The van der Waals surface area contributed by atoms with Gasteiger partial charge in [-0.05, 0) is 0 Å². The fourth-order valence-electron chi connectivity index (χ4n) is 0. The van der Waals surface area contributed by atoms with Crippen LogP contribution < -0.4 is 29.6 Å². The molecule has 0 aromatic carbocycles. The Kier molecular flexibility index (Phi) is 11.6. The van der Waals surface area contributed by atoms with Gasteiger partial charge in [0.15, 0.2) is 0 Å². The summed E-state index contributed by atoms with van der Waals surface area (Å²) < 4.78 is 0.0895. The second kappa shape index (κ2) is 6.61. The van der Waals surface area contributed by atoms with E-state index >= 15 is 0 Å². The Morgan fingerprint density at radius 2 is 1.67 bits per heavy atom. The molecular weight excluding hydrogens is 153 g/mol. The monoisotopic (exact) mass is 154 g/mol. The molecule has 0 aromatic rings. The molecule has 0 rings (SSSR count). The maximum Gasteiger partial charge on any atom is 1.00 e. The minimum absolute atomic E-state index is 0. The van der Waals surface area contributed by atoms with E-state index in [0.29, 0.717) is 0 Å². The van der Waals surface area contributed by atoms with Crippen LogP contribution in [0.25, 0.3) is 0 Å². The van der Waals surface area contributed by atoms with Crippen LogP contribution in [0, 0.1) is 0 Å². The third-order valence-corrected chi connectivity index (χ3v) is 0.742. The van der Waals surface area contributed by atoms with Crippen LogP contribution in [-0.4, -0.2) is 0 Å². The summed E-state index contributed by atoms with van der Waals surface area (Å²) in [5, 5.41) is 0. The largest absolute Gasteiger partial charge is 1.00 e. The molecule has 0 aliphatic rings. The van der Waals surface area contributed by atoms with Crippen molar-refractivity contribution >= 4 is 34.8 Å². The van der Waals surface area contributed by atoms with Crippen LogP contribution in [0.1, 0.15) is 1.43 Å². The third kappa shape index (κ3) is 9.15. The van der Waals surface area contributed by atoms with Gasteiger partial charge in [0.25, 0.3) is 0 Å². The predicted octanol–water partition coefficient (Wildman–Crippen LogP) is -0.382. The topological polar surface area (TPSA) is 0 Å². The van der Waals surface area contributed by atoms with Gasteiger partial charge in [-0.25, -0.2) is 0 Å². The molecule has 0 radical (unpaired) electrons. The zero-order valence-electron chi connectivity index (χ0n) is 4.21. The molecule has 0 aliphatic heterocycles. The number of halogens is 3. The molecule has 0 amide bonds. The molecule has 0 bridgehead atoms. The van der Waals surface area contributed by atoms with Gasteiger partial charge in [-0.3, -0.25) is 0 Å². The van der Waals surface area contributed by atoms with Crippen molar-refractivity contribution in [1.82, 2.24) is 0 Å². The van der Waals surface area contributed by atoms with Crippen LogP contribution in [0.5, 0.6) is 0 Å². The molecular formula is C2H2Cl3Na. The van der Waals surface area contributed by atoms with Gasteiger partial charge in [-0.2, -0.15) is 0 Å². The summed E-state index contributed by atoms with van der Waals surface area (Å²) in [7, 11) is 0. The average molecular weight is 155 g/mol. The first-order valence-electron chi connectivity index (χ1n) is 0.885. The van der Waals surface area contributed by atoms with E-state index in [0.717, 1.165) is 5.54 Å². The van der Waals surface area contributed by atoms with Crippen LogP contribution in [-0.2, 0) is 0 Å². The van der Waals surface area contributed by atoms with E-state index in [4.69, 9.17) is 34.8 Å². The summed E-state index contributed by atoms with van der Waals surface area (Å²) in [6, 6.07) is 0. The molecule has 0 aromatic heterocycles. The van der Waals surface area contributed by atoms with Crippen LogP contribution in [0.3, 0.4) is 0 Å². The Labute approximate surface area is 75.2 Å². The van der Waals surface area contributed by atoms with Crippen LogP contribution in [0.4, 0.5) is 0 Å². The first-order chi connectivity index (χ1) is 2.27. The summed E-state index contributed by atoms with van der Waals surface area (Å²) in [4.78, 5) is 0. The molecule has 0 spiro atoms. The van der Waals surface area contributed by atoms with Gasteiger partial charge in [0, 0.05) is 5.54 Å². The maximum atomic E-state index is 4.96. The summed E-state index contributed by atoms with van der Waals surface area (Å²) in [6.45, 7) is 0. The zero-order valence-corrected chi connectivity index (χ0v) is 7.48. The Morgan fingerprint density at radius 3 is 1.67 bits per heavy atom. The summed E-state index contributed by atoms with van der Waals surface area (Å²) in [5.41, 5.74) is 1.09. The first kappa shape index (κ1) is 10.6. The van der Waals surface area contributed by atoms with Crippen molar-refractivity contribution in [1.29, 1.82) is 0 Å². The summed E-state index contributed by atoms with van der Waals surface area (Å²) >= 11 is 14.8. The van der Waals surface area contributed by atoms with E-state index in [1.165, 1.54) is 0 Å². The zero-order chi connectivity index (χ0) is 4.28. The molecule has 0 unspecified atom stereocenters. The van der Waals surface area contributed by atoms with Gasteiger partial charge in [-0.1, -0.05) is 34.8 Å². The molecule has 0 saturated heterocycles. The molecule has 4 heteroatoms. The van der Waals surface area contributed by atoms with E-state index in [-0.39, 0.29) is 35.5 Å². The fraction of sp³-hybridized carbons (Fsp3) is 0. The van der Waals surface area contributed by atoms with E-state index in [9.17, 15) is 0 Å². The van der Waals surface area contributed by atoms with E-state index in [1.807, 2.05) is 0 Å². The fourth-order valence-corrected chi connectivity index (χ4v) is 0. The van der Waals surface area contributed by atoms with Gasteiger partial charge < -0.3 is 1.43 Å². The SMILES string of the molecule is ClC=C(Cl)Cl.[H-].[Na+]. The van der Waals surface area contributed by atoms with E-state index < -0.39 is 0 Å². The molecule has 0 N–H and O–H groups in total. The van der Waals surface area contributed by atoms with Crippen molar-refractivity contribution in [3.63, 3.8) is 0 Å². The molecule has 0 heterocycles. The Hall–Kier alpha value is 1.61.